The molecule has 0 saturated carbocycles. The van der Waals surface area contributed by atoms with Crippen LogP contribution in [-0.4, -0.2) is 23.5 Å². The summed E-state index contributed by atoms with van der Waals surface area (Å²) in [4.78, 5) is 16.3. The van der Waals surface area contributed by atoms with Crippen LogP contribution in [0, 0.1) is 0 Å². The minimum Gasteiger partial charge on any atom is -0.497 e. The van der Waals surface area contributed by atoms with E-state index in [0.29, 0.717) is 5.69 Å². The standard InChI is InChI=1S/C17H21N3O2/c1-17(2,3)20-16(21)15-11-13(8-9-18-15)19-12-6-5-7-14(10-12)22-4/h5-11H,1-4H3,(H,18,19)(H,20,21). The Morgan fingerprint density at radius 2 is 1.86 bits per heavy atom. The van der Waals surface area contributed by atoms with Crippen LogP contribution >= 0.6 is 0 Å². The highest BCUT2D eigenvalue weighted by atomic mass is 16.5. The summed E-state index contributed by atoms with van der Waals surface area (Å²) in [5, 5.41) is 6.13. The average Bonchev–Trinajstić information content (AvgIpc) is 2.46. The summed E-state index contributed by atoms with van der Waals surface area (Å²) >= 11 is 0. The van der Waals surface area contributed by atoms with Gasteiger partial charge >= 0.3 is 0 Å². The van der Waals surface area contributed by atoms with Gasteiger partial charge in [-0.1, -0.05) is 6.07 Å². The van der Waals surface area contributed by atoms with Gasteiger partial charge in [0.25, 0.3) is 5.91 Å². The molecule has 2 N–H and O–H groups in total. The van der Waals surface area contributed by atoms with Gasteiger partial charge in [-0.2, -0.15) is 0 Å². The van der Waals surface area contributed by atoms with E-state index in [4.69, 9.17) is 4.74 Å². The third-order valence-electron chi connectivity index (χ3n) is 2.84. The van der Waals surface area contributed by atoms with Crippen LogP contribution in [0.1, 0.15) is 31.3 Å². The number of ether oxygens (including phenoxy) is 1. The van der Waals surface area contributed by atoms with Crippen molar-refractivity contribution in [2.75, 3.05) is 12.4 Å². The molecule has 5 nitrogen and oxygen atoms in total. The van der Waals surface area contributed by atoms with E-state index in [1.807, 2.05) is 51.1 Å². The smallest absolute Gasteiger partial charge is 0.270 e. The molecule has 0 aliphatic carbocycles. The lowest BCUT2D eigenvalue weighted by molar-refractivity contribution is 0.0914. The normalized spacial score (nSPS) is 10.9. The summed E-state index contributed by atoms with van der Waals surface area (Å²) in [6.45, 7) is 5.80. The van der Waals surface area contributed by atoms with Crippen molar-refractivity contribution in [3.05, 3.63) is 48.3 Å². The molecule has 0 bridgehead atoms. The molecule has 0 unspecified atom stereocenters. The molecule has 1 amide bonds. The molecule has 5 heteroatoms. The van der Waals surface area contributed by atoms with Gasteiger partial charge < -0.3 is 15.4 Å². The van der Waals surface area contributed by atoms with Gasteiger partial charge in [0.1, 0.15) is 11.4 Å². The number of nitrogens with one attached hydrogen (secondary N) is 2. The van der Waals surface area contributed by atoms with Crippen LogP contribution in [0.15, 0.2) is 42.6 Å². The van der Waals surface area contributed by atoms with Gasteiger partial charge in [-0.15, -0.1) is 0 Å². The van der Waals surface area contributed by atoms with Gasteiger partial charge in [0, 0.05) is 29.2 Å². The van der Waals surface area contributed by atoms with Crippen LogP contribution < -0.4 is 15.4 Å². The lowest BCUT2D eigenvalue weighted by Crippen LogP contribution is -2.40. The maximum Gasteiger partial charge on any atom is 0.270 e. The van der Waals surface area contributed by atoms with E-state index >= 15 is 0 Å². The summed E-state index contributed by atoms with van der Waals surface area (Å²) < 4.78 is 5.19. The maximum atomic E-state index is 12.1. The summed E-state index contributed by atoms with van der Waals surface area (Å²) in [5.41, 5.74) is 1.76. The SMILES string of the molecule is COc1cccc(Nc2ccnc(C(=O)NC(C)(C)C)c2)c1. The second kappa shape index (κ2) is 6.47. The summed E-state index contributed by atoms with van der Waals surface area (Å²) in [7, 11) is 1.63. The molecule has 0 saturated heterocycles. The molecule has 1 heterocycles. The molecule has 2 aromatic rings. The lowest BCUT2D eigenvalue weighted by atomic mass is 10.1. The zero-order valence-corrected chi connectivity index (χ0v) is 13.3. The van der Waals surface area contributed by atoms with Crippen LogP contribution in [0.4, 0.5) is 11.4 Å². The quantitative estimate of drug-likeness (QED) is 0.908. The first-order valence-corrected chi connectivity index (χ1v) is 7.07. The number of aromatic nitrogens is 1. The van der Waals surface area contributed by atoms with E-state index in [9.17, 15) is 4.79 Å². The van der Waals surface area contributed by atoms with Crippen molar-refractivity contribution in [3.63, 3.8) is 0 Å². The molecule has 1 aromatic carbocycles. The highest BCUT2D eigenvalue weighted by molar-refractivity contribution is 5.93. The van der Waals surface area contributed by atoms with E-state index in [0.717, 1.165) is 17.1 Å². The Morgan fingerprint density at radius 1 is 1.14 bits per heavy atom. The first-order valence-electron chi connectivity index (χ1n) is 7.07. The van der Waals surface area contributed by atoms with Crippen LogP contribution in [0.25, 0.3) is 0 Å². The molecule has 0 atom stereocenters. The summed E-state index contributed by atoms with van der Waals surface area (Å²) in [6, 6.07) is 11.1. The average molecular weight is 299 g/mol. The molecule has 0 fully saturated rings. The predicted molar refractivity (Wildman–Crippen MR) is 87.7 cm³/mol. The van der Waals surface area contributed by atoms with E-state index < -0.39 is 0 Å². The van der Waals surface area contributed by atoms with Crippen LogP contribution in [0.2, 0.25) is 0 Å². The molecule has 0 aliphatic heterocycles. The lowest BCUT2D eigenvalue weighted by Gasteiger charge is -2.20. The number of hydrogen-bond donors (Lipinski definition) is 2. The van der Waals surface area contributed by atoms with E-state index in [1.165, 1.54) is 0 Å². The zero-order chi connectivity index (χ0) is 16.2. The number of nitrogens with zero attached hydrogens (tertiary/aromatic N) is 1. The minimum absolute atomic E-state index is 0.193. The molecule has 22 heavy (non-hydrogen) atoms. The fraction of sp³-hybridized carbons (Fsp3) is 0.294. The van der Waals surface area contributed by atoms with Crippen LogP contribution in [0.5, 0.6) is 5.75 Å². The molecular weight excluding hydrogens is 278 g/mol. The van der Waals surface area contributed by atoms with Crippen molar-refractivity contribution >= 4 is 17.3 Å². The number of hydrogen-bond acceptors (Lipinski definition) is 4. The molecule has 0 radical (unpaired) electrons. The largest absolute Gasteiger partial charge is 0.497 e. The van der Waals surface area contributed by atoms with Gasteiger partial charge in [-0.25, -0.2) is 0 Å². The van der Waals surface area contributed by atoms with Gasteiger partial charge in [-0.3, -0.25) is 9.78 Å². The molecular formula is C17H21N3O2. The number of benzene rings is 1. The highest BCUT2D eigenvalue weighted by Crippen LogP contribution is 2.21. The Morgan fingerprint density at radius 3 is 2.55 bits per heavy atom. The predicted octanol–water partition coefficient (Wildman–Crippen LogP) is 3.36. The van der Waals surface area contributed by atoms with Crippen LogP contribution in [0.3, 0.4) is 0 Å². The Hall–Kier alpha value is -2.56. The van der Waals surface area contributed by atoms with Crippen molar-refractivity contribution in [2.45, 2.75) is 26.3 Å². The van der Waals surface area contributed by atoms with Crippen molar-refractivity contribution < 1.29 is 9.53 Å². The van der Waals surface area contributed by atoms with Crippen LogP contribution in [-0.2, 0) is 0 Å². The zero-order valence-electron chi connectivity index (χ0n) is 13.3. The fourth-order valence-electron chi connectivity index (χ4n) is 1.90. The Kier molecular flexibility index (Phi) is 4.65. The third kappa shape index (κ3) is 4.48. The van der Waals surface area contributed by atoms with Crippen molar-refractivity contribution in [1.82, 2.24) is 10.3 Å². The number of carbonyl (C=O) groups excluding carboxylic acids is 1. The third-order valence-corrected chi connectivity index (χ3v) is 2.84. The van der Waals surface area contributed by atoms with Gasteiger partial charge in [0.05, 0.1) is 7.11 Å². The second-order valence-corrected chi connectivity index (χ2v) is 5.99. The topological polar surface area (TPSA) is 63.2 Å². The Bertz CT molecular complexity index is 663. The Labute approximate surface area is 130 Å². The van der Waals surface area contributed by atoms with Gasteiger partial charge in [-0.05, 0) is 45.0 Å². The maximum absolute atomic E-state index is 12.1. The van der Waals surface area contributed by atoms with E-state index in [2.05, 4.69) is 15.6 Å². The van der Waals surface area contributed by atoms with Crippen molar-refractivity contribution in [3.8, 4) is 5.75 Å². The molecule has 0 aliphatic rings. The molecule has 1 aromatic heterocycles. The highest BCUT2D eigenvalue weighted by Gasteiger charge is 2.16. The van der Waals surface area contributed by atoms with Crippen molar-refractivity contribution in [1.29, 1.82) is 0 Å². The van der Waals surface area contributed by atoms with E-state index in [-0.39, 0.29) is 11.4 Å². The number of rotatable bonds is 4. The first kappa shape index (κ1) is 15.8. The Balaban J connectivity index is 2.16. The molecule has 116 valence electrons. The number of pyridine rings is 1. The number of methoxy groups -OCH3 is 1. The summed E-state index contributed by atoms with van der Waals surface area (Å²) in [5.74, 6) is 0.576. The number of amides is 1. The summed E-state index contributed by atoms with van der Waals surface area (Å²) in [6.07, 6.45) is 1.61. The molecule has 0 spiro atoms. The van der Waals surface area contributed by atoms with Gasteiger partial charge in [0.2, 0.25) is 0 Å². The van der Waals surface area contributed by atoms with Gasteiger partial charge in [0.15, 0.2) is 0 Å². The number of carbonyl (C=O) groups is 1. The second-order valence-electron chi connectivity index (χ2n) is 5.99. The fourth-order valence-corrected chi connectivity index (χ4v) is 1.90. The minimum atomic E-state index is -0.297. The first-order chi connectivity index (χ1) is 10.4. The monoisotopic (exact) mass is 299 g/mol. The van der Waals surface area contributed by atoms with E-state index in [1.54, 1.807) is 19.4 Å². The number of anilines is 2. The molecule has 2 rings (SSSR count). The van der Waals surface area contributed by atoms with Crippen molar-refractivity contribution in [2.24, 2.45) is 0 Å².